The molecule has 4 aromatic heterocycles. The summed E-state index contributed by atoms with van der Waals surface area (Å²) in [4.78, 5) is 0. The SMILES string of the molecule is CC1(C)c2ccccc2-c2cccc(-n3c4ccc(-c5ccc6c(c5)c5c7ccccc7oc5n6-c5cccc6c5C(C)(C)c5ccccc5-6)cc4c4c5ccccc5oc43)c21. The van der Waals surface area contributed by atoms with Crippen LogP contribution in [0.25, 0.3) is 111 Å². The molecule has 0 saturated heterocycles. The van der Waals surface area contributed by atoms with Gasteiger partial charge in [-0.1, -0.05) is 149 Å². The van der Waals surface area contributed by atoms with Gasteiger partial charge in [0.05, 0.1) is 33.2 Å². The summed E-state index contributed by atoms with van der Waals surface area (Å²) in [6.07, 6.45) is 0. The molecule has 0 amide bonds. The highest BCUT2D eigenvalue weighted by Crippen LogP contribution is 2.54. The fourth-order valence-corrected chi connectivity index (χ4v) is 11.8. The molecule has 0 aliphatic heterocycles. The van der Waals surface area contributed by atoms with Gasteiger partial charge in [-0.3, -0.25) is 9.13 Å². The second kappa shape index (κ2) is 11.6. The highest BCUT2D eigenvalue weighted by atomic mass is 16.3. The Morgan fingerprint density at radius 3 is 1.24 bits per heavy atom. The molecule has 0 N–H and O–H groups in total. The zero-order valence-electron chi connectivity index (χ0n) is 34.9. The number of furan rings is 2. The molecular weight excluding hydrogens is 757 g/mol. The van der Waals surface area contributed by atoms with Crippen LogP contribution in [-0.2, 0) is 10.8 Å². The van der Waals surface area contributed by atoms with E-state index < -0.39 is 0 Å². The van der Waals surface area contributed by atoms with Crippen molar-refractivity contribution in [3.05, 3.63) is 192 Å². The van der Waals surface area contributed by atoms with Crippen molar-refractivity contribution < 1.29 is 8.83 Å². The number of aromatic nitrogens is 2. The molecule has 0 radical (unpaired) electrons. The number of nitrogens with zero attached hydrogens (tertiary/aromatic N) is 2. The van der Waals surface area contributed by atoms with Crippen molar-refractivity contribution >= 4 is 65.9 Å². The number of para-hydroxylation sites is 2. The van der Waals surface area contributed by atoms with Crippen LogP contribution in [0, 0.1) is 0 Å². The number of benzene rings is 8. The van der Waals surface area contributed by atoms with E-state index in [-0.39, 0.29) is 10.8 Å². The molecule has 0 fully saturated rings. The van der Waals surface area contributed by atoms with Crippen molar-refractivity contribution in [2.45, 2.75) is 38.5 Å². The molecule has 0 spiro atoms. The topological polar surface area (TPSA) is 36.1 Å². The van der Waals surface area contributed by atoms with Crippen LogP contribution in [0.5, 0.6) is 0 Å². The van der Waals surface area contributed by atoms with Crippen LogP contribution in [0.2, 0.25) is 0 Å². The standard InChI is InChI=1S/C58H40N2O2/c1-57(2)43-21-9-5-15-35(43)37-19-13-23-47(53(37)57)59-45-29-27-33(31-41(45)51-39-17-7-11-25-49(39)61-55(51)59)34-28-30-46-42(32-34)52-40-18-8-12-26-50(40)62-56(52)60(46)48-24-14-20-38-36-16-6-10-22-44(36)58(3,4)54(38)48/h5-32H,1-4H3. The lowest BCUT2D eigenvalue weighted by atomic mass is 9.81. The molecule has 4 nitrogen and oxygen atoms in total. The molecule has 62 heavy (non-hydrogen) atoms. The fraction of sp³-hybridized carbons (Fsp3) is 0.103. The van der Waals surface area contributed by atoms with Gasteiger partial charge in [-0.15, -0.1) is 0 Å². The van der Waals surface area contributed by atoms with Crippen LogP contribution < -0.4 is 0 Å². The van der Waals surface area contributed by atoms with E-state index in [1.807, 2.05) is 0 Å². The first-order valence-corrected chi connectivity index (χ1v) is 21.7. The van der Waals surface area contributed by atoms with Gasteiger partial charge in [0, 0.05) is 32.4 Å². The summed E-state index contributed by atoms with van der Waals surface area (Å²) in [5, 5.41) is 6.87. The summed E-state index contributed by atoms with van der Waals surface area (Å²) >= 11 is 0. The van der Waals surface area contributed by atoms with Crippen molar-refractivity contribution in [3.63, 3.8) is 0 Å². The van der Waals surface area contributed by atoms with Gasteiger partial charge in [-0.05, 0) is 104 Å². The van der Waals surface area contributed by atoms with Gasteiger partial charge < -0.3 is 8.83 Å². The molecule has 12 aromatic rings. The maximum atomic E-state index is 6.87. The predicted molar refractivity (Wildman–Crippen MR) is 255 cm³/mol. The van der Waals surface area contributed by atoms with Crippen molar-refractivity contribution in [1.29, 1.82) is 0 Å². The van der Waals surface area contributed by atoms with Crippen molar-refractivity contribution in [1.82, 2.24) is 9.13 Å². The smallest absolute Gasteiger partial charge is 0.213 e. The van der Waals surface area contributed by atoms with Crippen LogP contribution in [0.15, 0.2) is 179 Å². The summed E-state index contributed by atoms with van der Waals surface area (Å²) in [6, 6.07) is 62.1. The molecule has 8 aromatic carbocycles. The van der Waals surface area contributed by atoms with Gasteiger partial charge in [0.15, 0.2) is 0 Å². The largest absolute Gasteiger partial charge is 0.439 e. The van der Waals surface area contributed by atoms with Crippen LogP contribution in [0.1, 0.15) is 49.9 Å². The van der Waals surface area contributed by atoms with E-state index in [0.29, 0.717) is 0 Å². The van der Waals surface area contributed by atoms with E-state index in [4.69, 9.17) is 8.83 Å². The first-order chi connectivity index (χ1) is 30.3. The Hall–Kier alpha value is -7.56. The van der Waals surface area contributed by atoms with E-state index in [1.54, 1.807) is 0 Å². The third-order valence-corrected chi connectivity index (χ3v) is 14.5. The lowest BCUT2D eigenvalue weighted by molar-refractivity contribution is 0.634. The molecule has 0 unspecified atom stereocenters. The van der Waals surface area contributed by atoms with Gasteiger partial charge in [-0.25, -0.2) is 0 Å². The Bertz CT molecular complexity index is 3680. The second-order valence-electron chi connectivity index (χ2n) is 18.4. The predicted octanol–water partition coefficient (Wildman–Crippen LogP) is 15.7. The Morgan fingerprint density at radius 2 is 0.774 bits per heavy atom. The van der Waals surface area contributed by atoms with Crippen LogP contribution >= 0.6 is 0 Å². The number of hydrogen-bond acceptors (Lipinski definition) is 2. The van der Waals surface area contributed by atoms with Crippen LogP contribution in [-0.4, -0.2) is 9.13 Å². The lowest BCUT2D eigenvalue weighted by Gasteiger charge is -2.25. The Morgan fingerprint density at radius 1 is 0.371 bits per heavy atom. The molecule has 0 bridgehead atoms. The minimum atomic E-state index is -0.189. The Labute approximate surface area is 357 Å². The maximum Gasteiger partial charge on any atom is 0.213 e. The van der Waals surface area contributed by atoms with Crippen molar-refractivity contribution in [3.8, 4) is 44.8 Å². The third kappa shape index (κ3) is 4.17. The number of rotatable bonds is 3. The average Bonchev–Trinajstić information content (AvgIpc) is 4.11. The molecule has 14 rings (SSSR count). The Kier molecular flexibility index (Phi) is 6.41. The molecule has 4 heterocycles. The fourth-order valence-electron chi connectivity index (χ4n) is 11.8. The van der Waals surface area contributed by atoms with Crippen molar-refractivity contribution in [2.75, 3.05) is 0 Å². The van der Waals surface area contributed by atoms with E-state index in [2.05, 4.69) is 207 Å². The second-order valence-corrected chi connectivity index (χ2v) is 18.4. The molecule has 294 valence electrons. The van der Waals surface area contributed by atoms with Gasteiger partial charge in [-0.2, -0.15) is 0 Å². The summed E-state index contributed by atoms with van der Waals surface area (Å²) in [5.41, 5.74) is 20.6. The summed E-state index contributed by atoms with van der Waals surface area (Å²) in [5.74, 6) is 0. The zero-order valence-corrected chi connectivity index (χ0v) is 34.9. The summed E-state index contributed by atoms with van der Waals surface area (Å²) in [6.45, 7) is 9.43. The van der Waals surface area contributed by atoms with E-state index >= 15 is 0 Å². The van der Waals surface area contributed by atoms with Gasteiger partial charge in [0.1, 0.15) is 11.2 Å². The van der Waals surface area contributed by atoms with Gasteiger partial charge >= 0.3 is 0 Å². The zero-order chi connectivity index (χ0) is 41.2. The van der Waals surface area contributed by atoms with Gasteiger partial charge in [0.25, 0.3) is 0 Å². The summed E-state index contributed by atoms with van der Waals surface area (Å²) < 4.78 is 18.5. The summed E-state index contributed by atoms with van der Waals surface area (Å²) in [7, 11) is 0. The Balaban J connectivity index is 1.01. The normalized spacial score (nSPS) is 14.7. The third-order valence-electron chi connectivity index (χ3n) is 14.5. The highest BCUT2D eigenvalue weighted by Gasteiger charge is 2.40. The molecule has 0 atom stereocenters. The molecule has 2 aliphatic rings. The highest BCUT2D eigenvalue weighted by molar-refractivity contribution is 6.22. The first-order valence-electron chi connectivity index (χ1n) is 21.7. The first kappa shape index (κ1) is 34.2. The molecule has 0 saturated carbocycles. The monoisotopic (exact) mass is 796 g/mol. The molecule has 4 heteroatoms. The lowest BCUT2D eigenvalue weighted by Crippen LogP contribution is -2.17. The number of hydrogen-bond donors (Lipinski definition) is 0. The van der Waals surface area contributed by atoms with Crippen molar-refractivity contribution in [2.24, 2.45) is 0 Å². The van der Waals surface area contributed by atoms with E-state index in [9.17, 15) is 0 Å². The maximum absolute atomic E-state index is 6.87. The van der Waals surface area contributed by atoms with E-state index in [0.717, 1.165) is 77.7 Å². The minimum Gasteiger partial charge on any atom is -0.439 e. The molecule has 2 aliphatic carbocycles. The van der Waals surface area contributed by atoms with Crippen LogP contribution in [0.4, 0.5) is 0 Å². The van der Waals surface area contributed by atoms with Crippen LogP contribution in [0.3, 0.4) is 0 Å². The quantitative estimate of drug-likeness (QED) is 0.179. The number of fused-ring (bicyclic) bond motifs is 16. The minimum absolute atomic E-state index is 0.189. The van der Waals surface area contributed by atoms with Gasteiger partial charge in [0.2, 0.25) is 11.4 Å². The van der Waals surface area contributed by atoms with E-state index in [1.165, 1.54) is 55.3 Å². The average molecular weight is 797 g/mol. The molecular formula is C58H40N2O2.